The predicted octanol–water partition coefficient (Wildman–Crippen LogP) is 4.20. The van der Waals surface area contributed by atoms with Crippen molar-refractivity contribution in [3.8, 4) is 22.6 Å². The molecule has 3 nitrogen and oxygen atoms in total. The van der Waals surface area contributed by atoms with E-state index in [1.807, 2.05) is 12.1 Å². The van der Waals surface area contributed by atoms with Crippen LogP contribution in [0, 0.1) is 5.82 Å². The molecule has 0 saturated carbocycles. The number of nitrogens with zero attached hydrogens (tertiary/aromatic N) is 2. The number of hydrogen-bond donors (Lipinski definition) is 0. The van der Waals surface area contributed by atoms with E-state index >= 15 is 0 Å². The zero-order chi connectivity index (χ0) is 13.2. The molecule has 0 fully saturated rings. The highest BCUT2D eigenvalue weighted by Gasteiger charge is 2.09. The molecule has 0 radical (unpaired) electrons. The molecule has 3 aromatic rings. The summed E-state index contributed by atoms with van der Waals surface area (Å²) in [6, 6.07) is 10.3. The Bertz CT molecular complexity index is 709. The van der Waals surface area contributed by atoms with Crippen molar-refractivity contribution in [2.45, 2.75) is 0 Å². The highest BCUT2D eigenvalue weighted by Crippen LogP contribution is 2.26. The fourth-order valence-electron chi connectivity index (χ4n) is 1.71. The summed E-state index contributed by atoms with van der Waals surface area (Å²) in [5.41, 5.74) is 1.97. The third kappa shape index (κ3) is 2.48. The fraction of sp³-hybridized carbons (Fsp3) is 0. The normalized spacial score (nSPS) is 10.6. The molecule has 2 heterocycles. The lowest BCUT2D eigenvalue weighted by molar-refractivity contribution is 0.435. The Morgan fingerprint density at radius 3 is 2.53 bits per heavy atom. The average molecular weight is 275 g/mol. The lowest BCUT2D eigenvalue weighted by Gasteiger charge is -1.94. The van der Waals surface area contributed by atoms with Crippen molar-refractivity contribution in [3.05, 3.63) is 59.6 Å². The number of halogens is 2. The number of aromatic nitrogens is 2. The number of rotatable bonds is 2. The quantitative estimate of drug-likeness (QED) is 0.703. The van der Waals surface area contributed by atoms with E-state index in [4.69, 9.17) is 16.1 Å². The topological polar surface area (TPSA) is 38.9 Å². The van der Waals surface area contributed by atoms with Crippen molar-refractivity contribution in [3.63, 3.8) is 0 Å². The van der Waals surface area contributed by atoms with E-state index in [-0.39, 0.29) is 0 Å². The Morgan fingerprint density at radius 2 is 1.79 bits per heavy atom. The number of hydrogen-bond acceptors (Lipinski definition) is 3. The monoisotopic (exact) mass is 274 g/mol. The van der Waals surface area contributed by atoms with E-state index < -0.39 is 5.82 Å². The van der Waals surface area contributed by atoms with E-state index in [1.54, 1.807) is 18.2 Å². The van der Waals surface area contributed by atoms with Gasteiger partial charge in [-0.05, 0) is 30.3 Å². The van der Waals surface area contributed by atoms with Crippen molar-refractivity contribution in [1.29, 1.82) is 0 Å². The second kappa shape index (κ2) is 4.82. The van der Waals surface area contributed by atoms with Crippen LogP contribution in [0.5, 0.6) is 0 Å². The second-order valence-corrected chi connectivity index (χ2v) is 4.41. The lowest BCUT2D eigenvalue weighted by atomic mass is 10.1. The van der Waals surface area contributed by atoms with Crippen LogP contribution in [-0.2, 0) is 0 Å². The van der Waals surface area contributed by atoms with Crippen LogP contribution in [-0.4, -0.2) is 10.1 Å². The summed E-state index contributed by atoms with van der Waals surface area (Å²) in [5.74, 6) is 0.185. The number of pyridine rings is 1. The summed E-state index contributed by atoms with van der Waals surface area (Å²) in [6.07, 6.45) is 2.68. The molecule has 0 aliphatic rings. The maximum atomic E-state index is 13.1. The van der Waals surface area contributed by atoms with Gasteiger partial charge in [0, 0.05) is 28.4 Å². The first kappa shape index (κ1) is 11.9. The first-order valence-corrected chi connectivity index (χ1v) is 5.94. The minimum atomic E-state index is -0.409. The van der Waals surface area contributed by atoms with Gasteiger partial charge in [0.2, 0.25) is 0 Å². The highest BCUT2D eigenvalue weighted by molar-refractivity contribution is 6.30. The van der Waals surface area contributed by atoms with Crippen molar-refractivity contribution in [2.75, 3.05) is 0 Å². The number of benzene rings is 1. The van der Waals surface area contributed by atoms with Crippen LogP contribution in [0.3, 0.4) is 0 Å². The SMILES string of the molecule is Fc1cncc(-c2cc(-c3ccc(Cl)cc3)on2)c1. The molecule has 0 spiro atoms. The van der Waals surface area contributed by atoms with Gasteiger partial charge in [0.1, 0.15) is 11.5 Å². The van der Waals surface area contributed by atoms with Crippen LogP contribution in [0.1, 0.15) is 0 Å². The molecule has 5 heteroatoms. The molecule has 0 amide bonds. The summed E-state index contributed by atoms with van der Waals surface area (Å²) in [4.78, 5) is 3.78. The maximum absolute atomic E-state index is 13.1. The molecule has 94 valence electrons. The maximum Gasteiger partial charge on any atom is 0.167 e. The van der Waals surface area contributed by atoms with Crippen LogP contribution >= 0.6 is 11.6 Å². The zero-order valence-electron chi connectivity index (χ0n) is 9.68. The third-order valence-electron chi connectivity index (χ3n) is 2.64. The van der Waals surface area contributed by atoms with Crippen molar-refractivity contribution in [2.24, 2.45) is 0 Å². The van der Waals surface area contributed by atoms with Crippen molar-refractivity contribution in [1.82, 2.24) is 10.1 Å². The van der Waals surface area contributed by atoms with Crippen LogP contribution in [0.15, 0.2) is 53.3 Å². The van der Waals surface area contributed by atoms with Crippen LogP contribution in [0.4, 0.5) is 4.39 Å². The van der Waals surface area contributed by atoms with Gasteiger partial charge in [-0.2, -0.15) is 0 Å². The van der Waals surface area contributed by atoms with E-state index in [0.717, 1.165) is 11.8 Å². The molecule has 0 N–H and O–H groups in total. The van der Waals surface area contributed by atoms with Gasteiger partial charge in [-0.3, -0.25) is 4.98 Å². The van der Waals surface area contributed by atoms with E-state index in [2.05, 4.69) is 10.1 Å². The molecule has 1 aromatic carbocycles. The molecule has 3 rings (SSSR count). The summed E-state index contributed by atoms with van der Waals surface area (Å²) in [6.45, 7) is 0. The summed E-state index contributed by atoms with van der Waals surface area (Å²) < 4.78 is 18.3. The van der Waals surface area contributed by atoms with Gasteiger partial charge >= 0.3 is 0 Å². The van der Waals surface area contributed by atoms with E-state index in [0.29, 0.717) is 22.0 Å². The Kier molecular flexibility index (Phi) is 3.01. The van der Waals surface area contributed by atoms with Crippen LogP contribution in [0.2, 0.25) is 5.02 Å². The highest BCUT2D eigenvalue weighted by atomic mass is 35.5. The Hall–Kier alpha value is -2.20. The smallest absolute Gasteiger partial charge is 0.167 e. The first-order valence-electron chi connectivity index (χ1n) is 5.56. The molecule has 0 saturated heterocycles. The van der Waals surface area contributed by atoms with Gasteiger partial charge in [0.15, 0.2) is 5.76 Å². The molecule has 0 atom stereocenters. The largest absolute Gasteiger partial charge is 0.356 e. The van der Waals surface area contributed by atoms with Crippen LogP contribution in [0.25, 0.3) is 22.6 Å². The molecule has 19 heavy (non-hydrogen) atoms. The Morgan fingerprint density at radius 1 is 1.00 bits per heavy atom. The van der Waals surface area contributed by atoms with Gasteiger partial charge in [0.05, 0.1) is 6.20 Å². The Balaban J connectivity index is 1.97. The van der Waals surface area contributed by atoms with E-state index in [1.165, 1.54) is 12.3 Å². The zero-order valence-corrected chi connectivity index (χ0v) is 10.4. The molecular formula is C14H8ClFN2O. The molecule has 0 unspecified atom stereocenters. The molecule has 0 bridgehead atoms. The molecule has 0 aliphatic heterocycles. The molecular weight excluding hydrogens is 267 g/mol. The lowest BCUT2D eigenvalue weighted by Crippen LogP contribution is -1.82. The summed E-state index contributed by atoms with van der Waals surface area (Å²) in [5, 5.41) is 4.56. The predicted molar refractivity (Wildman–Crippen MR) is 70.1 cm³/mol. The van der Waals surface area contributed by atoms with Gasteiger partial charge in [0.25, 0.3) is 0 Å². The van der Waals surface area contributed by atoms with Crippen LogP contribution < -0.4 is 0 Å². The minimum Gasteiger partial charge on any atom is -0.356 e. The van der Waals surface area contributed by atoms with Crippen molar-refractivity contribution >= 4 is 11.6 Å². The third-order valence-corrected chi connectivity index (χ3v) is 2.89. The summed E-state index contributed by atoms with van der Waals surface area (Å²) in [7, 11) is 0. The second-order valence-electron chi connectivity index (χ2n) is 3.98. The minimum absolute atomic E-state index is 0.409. The summed E-state index contributed by atoms with van der Waals surface area (Å²) >= 11 is 5.82. The average Bonchev–Trinajstić information content (AvgIpc) is 2.89. The van der Waals surface area contributed by atoms with Gasteiger partial charge in [-0.25, -0.2) is 4.39 Å². The molecule has 0 aliphatic carbocycles. The molecule has 2 aromatic heterocycles. The van der Waals surface area contributed by atoms with Gasteiger partial charge in [-0.15, -0.1) is 0 Å². The van der Waals surface area contributed by atoms with Gasteiger partial charge < -0.3 is 4.52 Å². The standard InChI is InChI=1S/C14H8ClFN2O/c15-11-3-1-9(2-4-11)14-6-13(18-19-14)10-5-12(16)8-17-7-10/h1-8H. The van der Waals surface area contributed by atoms with Gasteiger partial charge in [-0.1, -0.05) is 16.8 Å². The van der Waals surface area contributed by atoms with E-state index in [9.17, 15) is 4.39 Å². The first-order chi connectivity index (χ1) is 9.22. The van der Waals surface area contributed by atoms with Crippen molar-refractivity contribution < 1.29 is 8.91 Å². The fourth-order valence-corrected chi connectivity index (χ4v) is 1.84. The Labute approximate surface area is 113 Å².